The lowest BCUT2D eigenvalue weighted by molar-refractivity contribution is -0.167. The van der Waals surface area contributed by atoms with Gasteiger partial charge in [0.25, 0.3) is 0 Å². The molecule has 0 saturated carbocycles. The molecule has 6 heteroatoms. The summed E-state index contributed by atoms with van der Waals surface area (Å²) >= 11 is 0. The van der Waals surface area contributed by atoms with Crippen LogP contribution in [0.2, 0.25) is 0 Å². The molecule has 0 radical (unpaired) electrons. The second kappa shape index (κ2) is 52.0. The highest BCUT2D eigenvalue weighted by Gasteiger charge is 2.19. The summed E-state index contributed by atoms with van der Waals surface area (Å²) in [5.74, 6) is -0.902. The van der Waals surface area contributed by atoms with Gasteiger partial charge in [0.1, 0.15) is 13.2 Å². The largest absolute Gasteiger partial charge is 0.462 e. The Hall–Kier alpha value is -2.63. The van der Waals surface area contributed by atoms with Crippen molar-refractivity contribution >= 4 is 17.9 Å². The number of rotatable bonds is 49. The average Bonchev–Trinajstić information content (AvgIpc) is 3.28. The van der Waals surface area contributed by atoms with Gasteiger partial charge in [-0.2, -0.15) is 0 Å². The zero-order chi connectivity index (χ0) is 45.8. The average molecular weight is 883 g/mol. The van der Waals surface area contributed by atoms with Crippen molar-refractivity contribution in [2.24, 2.45) is 0 Å². The molecular weight excluding hydrogens is 781 g/mol. The Morgan fingerprint density at radius 2 is 0.619 bits per heavy atom. The molecule has 0 spiro atoms. The fourth-order valence-corrected chi connectivity index (χ4v) is 7.79. The highest BCUT2D eigenvalue weighted by Crippen LogP contribution is 2.16. The van der Waals surface area contributed by atoms with E-state index in [0.29, 0.717) is 19.3 Å². The van der Waals surface area contributed by atoms with E-state index in [4.69, 9.17) is 14.2 Å². The van der Waals surface area contributed by atoms with Crippen LogP contribution in [-0.2, 0) is 28.6 Å². The summed E-state index contributed by atoms with van der Waals surface area (Å²) in [6.45, 7) is 6.52. The van der Waals surface area contributed by atoms with Crippen molar-refractivity contribution in [1.29, 1.82) is 0 Å². The van der Waals surface area contributed by atoms with Crippen molar-refractivity contribution < 1.29 is 28.6 Å². The normalized spacial score (nSPS) is 12.4. The Kier molecular flexibility index (Phi) is 49.8. The first-order valence-corrected chi connectivity index (χ1v) is 27.1. The number of hydrogen-bond acceptors (Lipinski definition) is 6. The molecule has 366 valence electrons. The van der Waals surface area contributed by atoms with E-state index < -0.39 is 6.10 Å². The fourth-order valence-electron chi connectivity index (χ4n) is 7.79. The zero-order valence-corrected chi connectivity index (χ0v) is 41.8. The lowest BCUT2D eigenvalue weighted by Crippen LogP contribution is -2.30. The number of carbonyl (C=O) groups excluding carboxylic acids is 3. The fraction of sp³-hybridized carbons (Fsp3) is 0.807. The molecule has 0 aromatic rings. The standard InChI is InChI=1S/C57H102O6/c1-4-7-10-13-16-19-22-24-26-28-29-31-32-35-38-41-44-47-50-56(59)62-53-54(52-61-55(58)49-46-43-40-37-34-21-18-15-12-9-6-3)63-57(60)51-48-45-42-39-36-33-30-27-25-23-20-17-14-11-8-5-2/h8,11,17,20,25,27,33,36,54H,4-7,9-10,12-16,18-19,21-24,26,28-32,34-35,37-53H2,1-3H3/b11-8-,20-17-,27-25-,36-33-. The minimum absolute atomic E-state index is 0.0822. The van der Waals surface area contributed by atoms with Gasteiger partial charge in [-0.25, -0.2) is 0 Å². The molecule has 0 aromatic heterocycles. The van der Waals surface area contributed by atoms with Gasteiger partial charge in [0.05, 0.1) is 0 Å². The summed E-state index contributed by atoms with van der Waals surface area (Å²) in [6.07, 6.45) is 62.4. The van der Waals surface area contributed by atoms with Crippen LogP contribution in [0, 0.1) is 0 Å². The van der Waals surface area contributed by atoms with Crippen LogP contribution in [-0.4, -0.2) is 37.2 Å². The summed E-state index contributed by atoms with van der Waals surface area (Å²) in [4.78, 5) is 38.0. The summed E-state index contributed by atoms with van der Waals surface area (Å²) < 4.78 is 16.8. The molecule has 0 aromatic carbocycles. The van der Waals surface area contributed by atoms with Crippen LogP contribution in [0.25, 0.3) is 0 Å². The van der Waals surface area contributed by atoms with E-state index in [-0.39, 0.29) is 31.1 Å². The first-order valence-electron chi connectivity index (χ1n) is 27.1. The van der Waals surface area contributed by atoms with Crippen molar-refractivity contribution in [3.8, 4) is 0 Å². The SMILES string of the molecule is CC/C=C\C/C=C\C/C=C\C/C=C\CCCCCC(=O)OC(COC(=O)CCCCCCCCCCCCC)COC(=O)CCCCCCCCCCCCCCCCCCCC. The van der Waals surface area contributed by atoms with E-state index in [1.807, 2.05) is 0 Å². The number of unbranched alkanes of at least 4 members (excludes halogenated alkanes) is 30. The number of hydrogen-bond donors (Lipinski definition) is 0. The number of esters is 3. The molecule has 1 atom stereocenters. The molecule has 0 fully saturated rings. The third-order valence-electron chi connectivity index (χ3n) is 11.8. The molecule has 1 unspecified atom stereocenters. The number of ether oxygens (including phenoxy) is 3. The van der Waals surface area contributed by atoms with Crippen LogP contribution in [0.1, 0.15) is 278 Å². The number of carbonyl (C=O) groups is 3. The van der Waals surface area contributed by atoms with Gasteiger partial charge < -0.3 is 14.2 Å². The van der Waals surface area contributed by atoms with Gasteiger partial charge in [-0.05, 0) is 57.8 Å². The van der Waals surface area contributed by atoms with Crippen molar-refractivity contribution in [2.45, 2.75) is 284 Å². The van der Waals surface area contributed by atoms with Crippen LogP contribution in [0.4, 0.5) is 0 Å². The zero-order valence-electron chi connectivity index (χ0n) is 41.8. The van der Waals surface area contributed by atoms with Gasteiger partial charge in [0, 0.05) is 19.3 Å². The van der Waals surface area contributed by atoms with Gasteiger partial charge in [0.2, 0.25) is 0 Å². The Bertz CT molecular complexity index is 1110. The quantitative estimate of drug-likeness (QED) is 0.0262. The maximum Gasteiger partial charge on any atom is 0.306 e. The predicted molar refractivity (Wildman–Crippen MR) is 270 cm³/mol. The molecule has 0 N–H and O–H groups in total. The van der Waals surface area contributed by atoms with E-state index in [9.17, 15) is 14.4 Å². The summed E-state index contributed by atoms with van der Waals surface area (Å²) in [5, 5.41) is 0. The van der Waals surface area contributed by atoms with Gasteiger partial charge in [-0.3, -0.25) is 14.4 Å². The topological polar surface area (TPSA) is 78.9 Å². The van der Waals surface area contributed by atoms with E-state index in [1.165, 1.54) is 148 Å². The second-order valence-corrected chi connectivity index (χ2v) is 18.1. The third-order valence-corrected chi connectivity index (χ3v) is 11.8. The molecule has 0 saturated heterocycles. The highest BCUT2D eigenvalue weighted by atomic mass is 16.6. The lowest BCUT2D eigenvalue weighted by Gasteiger charge is -2.18. The molecule has 0 aliphatic carbocycles. The maximum absolute atomic E-state index is 12.8. The van der Waals surface area contributed by atoms with Crippen molar-refractivity contribution in [3.63, 3.8) is 0 Å². The summed E-state index contributed by atoms with van der Waals surface area (Å²) in [5.41, 5.74) is 0. The van der Waals surface area contributed by atoms with Crippen LogP contribution < -0.4 is 0 Å². The molecular formula is C57H102O6. The van der Waals surface area contributed by atoms with E-state index in [1.54, 1.807) is 0 Å². The monoisotopic (exact) mass is 883 g/mol. The predicted octanol–water partition coefficient (Wildman–Crippen LogP) is 17.9. The van der Waals surface area contributed by atoms with Gasteiger partial charge in [-0.15, -0.1) is 0 Å². The van der Waals surface area contributed by atoms with Gasteiger partial charge in [-0.1, -0.05) is 249 Å². The smallest absolute Gasteiger partial charge is 0.306 e. The Morgan fingerprint density at radius 3 is 0.968 bits per heavy atom. The molecule has 0 amide bonds. The van der Waals surface area contributed by atoms with Crippen molar-refractivity contribution in [2.75, 3.05) is 13.2 Å². The maximum atomic E-state index is 12.8. The second-order valence-electron chi connectivity index (χ2n) is 18.1. The highest BCUT2D eigenvalue weighted by molar-refractivity contribution is 5.71. The van der Waals surface area contributed by atoms with Crippen LogP contribution in [0.15, 0.2) is 48.6 Å². The molecule has 0 aliphatic heterocycles. The molecule has 0 aliphatic rings. The first-order chi connectivity index (χ1) is 31.0. The van der Waals surface area contributed by atoms with Crippen LogP contribution >= 0.6 is 0 Å². The summed E-state index contributed by atoms with van der Waals surface area (Å²) in [6, 6.07) is 0. The molecule has 0 rings (SSSR count). The summed E-state index contributed by atoms with van der Waals surface area (Å²) in [7, 11) is 0. The van der Waals surface area contributed by atoms with Gasteiger partial charge in [0.15, 0.2) is 6.10 Å². The van der Waals surface area contributed by atoms with E-state index in [2.05, 4.69) is 69.4 Å². The van der Waals surface area contributed by atoms with Crippen molar-refractivity contribution in [3.05, 3.63) is 48.6 Å². The third kappa shape index (κ3) is 50.2. The molecule has 6 nitrogen and oxygen atoms in total. The molecule has 0 heterocycles. The molecule has 0 bridgehead atoms. The Balaban J connectivity index is 4.36. The van der Waals surface area contributed by atoms with E-state index in [0.717, 1.165) is 89.9 Å². The Labute approximate surface area is 390 Å². The van der Waals surface area contributed by atoms with Crippen molar-refractivity contribution in [1.82, 2.24) is 0 Å². The molecule has 63 heavy (non-hydrogen) atoms. The van der Waals surface area contributed by atoms with Gasteiger partial charge >= 0.3 is 17.9 Å². The minimum atomic E-state index is -0.785. The number of allylic oxidation sites excluding steroid dienone is 8. The first kappa shape index (κ1) is 60.4. The minimum Gasteiger partial charge on any atom is -0.462 e. The Morgan fingerprint density at radius 1 is 0.333 bits per heavy atom. The lowest BCUT2D eigenvalue weighted by atomic mass is 10.0. The van der Waals surface area contributed by atoms with Crippen LogP contribution in [0.3, 0.4) is 0 Å². The van der Waals surface area contributed by atoms with Crippen LogP contribution in [0.5, 0.6) is 0 Å². The van der Waals surface area contributed by atoms with E-state index >= 15 is 0 Å².